The molecule has 16 heavy (non-hydrogen) atoms. The zero-order chi connectivity index (χ0) is 12.6. The van der Waals surface area contributed by atoms with Gasteiger partial charge in [-0.25, -0.2) is 13.1 Å². The molecule has 0 fully saturated rings. The van der Waals surface area contributed by atoms with E-state index in [1.807, 2.05) is 0 Å². The molecule has 5 N–H and O–H groups in total. The van der Waals surface area contributed by atoms with E-state index >= 15 is 0 Å². The number of nitrogens with zero attached hydrogens (tertiary/aromatic N) is 1. The molecule has 0 aliphatic carbocycles. The summed E-state index contributed by atoms with van der Waals surface area (Å²) < 4.78 is 24.6. The van der Waals surface area contributed by atoms with Crippen LogP contribution in [0.2, 0.25) is 0 Å². The van der Waals surface area contributed by atoms with Crippen LogP contribution in [0.4, 0.5) is 0 Å². The van der Waals surface area contributed by atoms with Gasteiger partial charge in [-0.15, -0.1) is 0 Å². The molecular weight excluding hydrogens is 236 g/mol. The normalized spacial score (nSPS) is 12.4. The number of hydrogen-bond donors (Lipinski definition) is 4. The number of nitrogens with two attached hydrogens (primary N) is 1. The third-order valence-corrected chi connectivity index (χ3v) is 3.00. The first kappa shape index (κ1) is 14.6. The number of sulfonamides is 1. The van der Waals surface area contributed by atoms with Crippen molar-refractivity contribution in [3.8, 4) is 0 Å². The first-order valence-corrected chi connectivity index (χ1v) is 6.27. The van der Waals surface area contributed by atoms with E-state index in [0.717, 1.165) is 0 Å². The molecule has 0 aliphatic heterocycles. The van der Waals surface area contributed by atoms with Crippen LogP contribution < -0.4 is 15.8 Å². The number of oxime groups is 1. The molecule has 0 aromatic rings. The summed E-state index contributed by atoms with van der Waals surface area (Å²) in [6.07, 6.45) is -0.266. The average Bonchev–Trinajstić information content (AvgIpc) is 2.16. The molecule has 0 heterocycles. The van der Waals surface area contributed by atoms with Gasteiger partial charge in [-0.3, -0.25) is 4.79 Å². The number of nitrogens with one attached hydrogen (secondary N) is 2. The van der Waals surface area contributed by atoms with Crippen molar-refractivity contribution >= 4 is 21.8 Å². The monoisotopic (exact) mass is 252 g/mol. The van der Waals surface area contributed by atoms with Crippen molar-refractivity contribution in [3.63, 3.8) is 0 Å². The lowest BCUT2D eigenvalue weighted by molar-refractivity contribution is -0.119. The van der Waals surface area contributed by atoms with Crippen molar-refractivity contribution in [1.29, 1.82) is 0 Å². The van der Waals surface area contributed by atoms with Gasteiger partial charge in [0.25, 0.3) is 0 Å². The predicted octanol–water partition coefficient (Wildman–Crippen LogP) is -1.82. The van der Waals surface area contributed by atoms with E-state index in [0.29, 0.717) is 6.54 Å². The SMILES string of the molecule is CCNS(=O)(=O)CCNC(=O)CC(N)=NO. The van der Waals surface area contributed by atoms with Crippen LogP contribution in [0.25, 0.3) is 0 Å². The fourth-order valence-electron chi connectivity index (χ4n) is 0.879. The van der Waals surface area contributed by atoms with Gasteiger partial charge in [0.1, 0.15) is 5.84 Å². The molecule has 0 bridgehead atoms. The molecule has 0 aliphatic rings. The molecule has 0 spiro atoms. The van der Waals surface area contributed by atoms with Crippen LogP contribution in [0.5, 0.6) is 0 Å². The Morgan fingerprint density at radius 1 is 1.50 bits per heavy atom. The smallest absolute Gasteiger partial charge is 0.227 e. The van der Waals surface area contributed by atoms with Gasteiger partial charge in [-0.2, -0.15) is 0 Å². The van der Waals surface area contributed by atoms with Crippen LogP contribution in [-0.2, 0) is 14.8 Å². The second-order valence-electron chi connectivity index (χ2n) is 2.93. The van der Waals surface area contributed by atoms with Gasteiger partial charge < -0.3 is 16.3 Å². The van der Waals surface area contributed by atoms with E-state index in [4.69, 9.17) is 10.9 Å². The molecule has 0 saturated carbocycles. The minimum absolute atomic E-state index is 0.0210. The van der Waals surface area contributed by atoms with E-state index < -0.39 is 15.9 Å². The maximum absolute atomic E-state index is 11.1. The fraction of sp³-hybridized carbons (Fsp3) is 0.714. The lowest BCUT2D eigenvalue weighted by atomic mass is 10.4. The number of rotatable bonds is 7. The van der Waals surface area contributed by atoms with Crippen LogP contribution in [0.3, 0.4) is 0 Å². The number of amidine groups is 1. The largest absolute Gasteiger partial charge is 0.409 e. The second kappa shape index (κ2) is 7.01. The Labute approximate surface area is 93.9 Å². The maximum atomic E-state index is 11.1. The van der Waals surface area contributed by atoms with E-state index in [9.17, 15) is 13.2 Å². The highest BCUT2D eigenvalue weighted by Crippen LogP contribution is 1.84. The summed E-state index contributed by atoms with van der Waals surface area (Å²) in [7, 11) is -3.34. The standard InChI is InChI=1S/C7H16N4O4S/c1-2-10-16(14,15)4-3-9-7(12)5-6(8)11-13/h10,13H,2-5H2,1H3,(H2,8,11)(H,9,12). The van der Waals surface area contributed by atoms with Gasteiger partial charge in [-0.05, 0) is 0 Å². The Balaban J connectivity index is 3.87. The van der Waals surface area contributed by atoms with Crippen molar-refractivity contribution < 1.29 is 18.4 Å². The molecule has 0 saturated heterocycles. The zero-order valence-electron chi connectivity index (χ0n) is 8.93. The Morgan fingerprint density at radius 3 is 2.62 bits per heavy atom. The van der Waals surface area contributed by atoms with Crippen molar-refractivity contribution in [2.45, 2.75) is 13.3 Å². The Hall–Kier alpha value is -1.35. The first-order valence-electron chi connectivity index (χ1n) is 4.61. The van der Waals surface area contributed by atoms with Gasteiger partial charge in [0.2, 0.25) is 15.9 Å². The molecule has 0 rings (SSSR count). The Bertz CT molecular complexity index is 351. The predicted molar refractivity (Wildman–Crippen MR) is 58.5 cm³/mol. The van der Waals surface area contributed by atoms with Crippen LogP contribution in [0.15, 0.2) is 5.16 Å². The number of carbonyl (C=O) groups excluding carboxylic acids is 1. The topological polar surface area (TPSA) is 134 Å². The van der Waals surface area contributed by atoms with E-state index in [-0.39, 0.29) is 24.6 Å². The molecule has 1 amide bonds. The molecule has 0 aromatic heterocycles. The quantitative estimate of drug-likeness (QED) is 0.183. The molecule has 94 valence electrons. The van der Waals surface area contributed by atoms with Gasteiger partial charge in [0.15, 0.2) is 0 Å². The van der Waals surface area contributed by atoms with Crippen molar-refractivity contribution in [2.75, 3.05) is 18.8 Å². The van der Waals surface area contributed by atoms with E-state index in [2.05, 4.69) is 15.2 Å². The van der Waals surface area contributed by atoms with Crippen LogP contribution in [-0.4, -0.2) is 44.2 Å². The minimum atomic E-state index is -3.34. The zero-order valence-corrected chi connectivity index (χ0v) is 9.75. The maximum Gasteiger partial charge on any atom is 0.227 e. The van der Waals surface area contributed by atoms with Crippen molar-refractivity contribution in [3.05, 3.63) is 0 Å². The highest BCUT2D eigenvalue weighted by molar-refractivity contribution is 7.89. The first-order chi connectivity index (χ1) is 7.41. The summed E-state index contributed by atoms with van der Waals surface area (Å²) in [6.45, 7) is 1.95. The van der Waals surface area contributed by atoms with Crippen molar-refractivity contribution in [1.82, 2.24) is 10.0 Å². The summed E-state index contributed by atoms with van der Waals surface area (Å²) in [5, 5.41) is 13.1. The third-order valence-electron chi connectivity index (χ3n) is 1.53. The Kier molecular flexibility index (Phi) is 6.42. The molecule has 0 radical (unpaired) electrons. The van der Waals surface area contributed by atoms with Crippen molar-refractivity contribution in [2.24, 2.45) is 10.9 Å². The summed E-state index contributed by atoms with van der Waals surface area (Å²) in [4.78, 5) is 11.1. The summed E-state index contributed by atoms with van der Waals surface area (Å²) >= 11 is 0. The molecule has 8 nitrogen and oxygen atoms in total. The second-order valence-corrected chi connectivity index (χ2v) is 4.86. The van der Waals surface area contributed by atoms with Gasteiger partial charge in [0.05, 0.1) is 12.2 Å². The van der Waals surface area contributed by atoms with E-state index in [1.165, 1.54) is 0 Å². The fourth-order valence-corrected chi connectivity index (χ4v) is 1.83. The van der Waals surface area contributed by atoms with Crippen LogP contribution in [0.1, 0.15) is 13.3 Å². The summed E-state index contributed by atoms with van der Waals surface area (Å²) in [5.41, 5.74) is 5.09. The van der Waals surface area contributed by atoms with Crippen LogP contribution >= 0.6 is 0 Å². The summed E-state index contributed by atoms with van der Waals surface area (Å²) in [5.74, 6) is -0.933. The van der Waals surface area contributed by atoms with Gasteiger partial charge in [-0.1, -0.05) is 12.1 Å². The van der Waals surface area contributed by atoms with E-state index in [1.54, 1.807) is 6.92 Å². The number of hydrogen-bond acceptors (Lipinski definition) is 5. The number of carbonyl (C=O) groups is 1. The number of amides is 1. The lowest BCUT2D eigenvalue weighted by Crippen LogP contribution is -2.35. The highest BCUT2D eigenvalue weighted by atomic mass is 32.2. The average molecular weight is 252 g/mol. The third kappa shape index (κ3) is 7.01. The molecule has 9 heteroatoms. The molecular formula is C7H16N4O4S. The molecule has 0 atom stereocenters. The highest BCUT2D eigenvalue weighted by Gasteiger charge is 2.09. The molecule has 0 unspecified atom stereocenters. The van der Waals surface area contributed by atoms with Gasteiger partial charge >= 0.3 is 0 Å². The lowest BCUT2D eigenvalue weighted by Gasteiger charge is -2.05. The summed E-state index contributed by atoms with van der Waals surface area (Å²) in [6, 6.07) is 0. The van der Waals surface area contributed by atoms with Gasteiger partial charge in [0, 0.05) is 13.1 Å². The Morgan fingerprint density at radius 2 is 2.12 bits per heavy atom. The van der Waals surface area contributed by atoms with Crippen LogP contribution in [0, 0.1) is 0 Å². The minimum Gasteiger partial charge on any atom is -0.409 e. The molecule has 0 aromatic carbocycles.